The monoisotopic (exact) mass is 312 g/mol. The van der Waals surface area contributed by atoms with E-state index in [4.69, 9.17) is 0 Å². The summed E-state index contributed by atoms with van der Waals surface area (Å²) in [6.07, 6.45) is 4.52. The molecule has 0 saturated carbocycles. The Morgan fingerprint density at radius 3 is 2.74 bits per heavy atom. The average molecular weight is 312 g/mol. The molecule has 2 rings (SSSR count). The number of carbonyl (C=O) groups excluding carboxylic acids is 1. The highest BCUT2D eigenvalue weighted by Gasteiger charge is 2.12. The zero-order valence-corrected chi connectivity index (χ0v) is 14.0. The molecule has 0 aliphatic rings. The predicted octanol–water partition coefficient (Wildman–Crippen LogP) is 3.53. The summed E-state index contributed by atoms with van der Waals surface area (Å²) in [7, 11) is 1.98. The van der Waals surface area contributed by atoms with E-state index in [-0.39, 0.29) is 5.91 Å². The van der Waals surface area contributed by atoms with Crippen LogP contribution in [0.3, 0.4) is 0 Å². The van der Waals surface area contributed by atoms with Crippen LogP contribution in [0, 0.1) is 0 Å². The molecule has 5 nitrogen and oxygen atoms in total. The van der Waals surface area contributed by atoms with Crippen LogP contribution >= 0.6 is 0 Å². The Labute approximate surface area is 137 Å². The third kappa shape index (κ3) is 4.52. The Balaban J connectivity index is 2.13. The van der Waals surface area contributed by atoms with Gasteiger partial charge in [-0.05, 0) is 24.5 Å². The number of anilines is 2. The van der Waals surface area contributed by atoms with Gasteiger partial charge in [-0.15, -0.1) is 0 Å². The second-order valence-electron chi connectivity index (χ2n) is 5.50. The number of aromatic nitrogens is 2. The van der Waals surface area contributed by atoms with Crippen molar-refractivity contribution in [3.63, 3.8) is 0 Å². The molecule has 0 atom stereocenters. The van der Waals surface area contributed by atoms with Gasteiger partial charge in [0.05, 0.1) is 0 Å². The molecule has 0 bridgehead atoms. The molecule has 2 aromatic rings. The van der Waals surface area contributed by atoms with Crippen molar-refractivity contribution < 1.29 is 4.79 Å². The number of hydrogen-bond acceptors (Lipinski definition) is 4. The van der Waals surface area contributed by atoms with Crippen molar-refractivity contribution in [3.05, 3.63) is 47.9 Å². The van der Waals surface area contributed by atoms with Crippen LogP contribution in [0.25, 0.3) is 0 Å². The predicted molar refractivity (Wildman–Crippen MR) is 94.0 cm³/mol. The summed E-state index contributed by atoms with van der Waals surface area (Å²) in [6.45, 7) is 5.13. The topological polar surface area (TPSA) is 58.1 Å². The minimum absolute atomic E-state index is 0.210. The molecular formula is C18H24N4O. The normalized spacial score (nSPS) is 10.4. The summed E-state index contributed by atoms with van der Waals surface area (Å²) >= 11 is 0. The summed E-state index contributed by atoms with van der Waals surface area (Å²) in [5, 5.41) is 2.94. The summed E-state index contributed by atoms with van der Waals surface area (Å²) in [5.41, 5.74) is 2.32. The van der Waals surface area contributed by atoms with Crippen LogP contribution in [0.2, 0.25) is 0 Å². The Morgan fingerprint density at radius 1 is 1.22 bits per heavy atom. The van der Waals surface area contributed by atoms with Crippen LogP contribution in [0.1, 0.15) is 42.7 Å². The first-order valence-corrected chi connectivity index (χ1v) is 8.08. The highest BCUT2D eigenvalue weighted by molar-refractivity contribution is 6.03. The molecule has 0 unspecified atom stereocenters. The Bertz CT molecular complexity index is 657. The number of amides is 1. The van der Waals surface area contributed by atoms with Gasteiger partial charge in [0.25, 0.3) is 5.91 Å². The van der Waals surface area contributed by atoms with Gasteiger partial charge in [-0.3, -0.25) is 4.79 Å². The summed E-state index contributed by atoms with van der Waals surface area (Å²) in [5.74, 6) is 0.556. The zero-order valence-electron chi connectivity index (χ0n) is 14.0. The van der Waals surface area contributed by atoms with Gasteiger partial charge in [-0.2, -0.15) is 0 Å². The minimum Gasteiger partial charge on any atom is -0.360 e. The molecule has 23 heavy (non-hydrogen) atoms. The van der Waals surface area contributed by atoms with Crippen molar-refractivity contribution in [2.75, 3.05) is 23.8 Å². The third-order valence-corrected chi connectivity index (χ3v) is 3.77. The van der Waals surface area contributed by atoms with Crippen molar-refractivity contribution in [1.82, 2.24) is 9.97 Å². The van der Waals surface area contributed by atoms with Crippen molar-refractivity contribution in [2.24, 2.45) is 0 Å². The van der Waals surface area contributed by atoms with E-state index in [1.807, 2.05) is 36.2 Å². The fourth-order valence-electron chi connectivity index (χ4n) is 2.33. The van der Waals surface area contributed by atoms with E-state index in [2.05, 4.69) is 29.1 Å². The molecule has 5 heteroatoms. The third-order valence-electron chi connectivity index (χ3n) is 3.77. The maximum atomic E-state index is 12.5. The number of hydrogen-bond donors (Lipinski definition) is 1. The maximum Gasteiger partial charge on any atom is 0.274 e. The number of aryl methyl sites for hydroxylation is 1. The first kappa shape index (κ1) is 16.9. The van der Waals surface area contributed by atoms with Crippen LogP contribution in [0.5, 0.6) is 0 Å². The second-order valence-corrected chi connectivity index (χ2v) is 5.50. The smallest absolute Gasteiger partial charge is 0.274 e. The molecule has 0 aliphatic carbocycles. The van der Waals surface area contributed by atoms with Gasteiger partial charge in [-0.25, -0.2) is 9.97 Å². The van der Waals surface area contributed by atoms with Gasteiger partial charge < -0.3 is 10.2 Å². The SMILES string of the molecule is CCCCN(C)c1cc(C(=O)Nc2ccccc2CC)ncn1. The summed E-state index contributed by atoms with van der Waals surface area (Å²) in [4.78, 5) is 22.8. The van der Waals surface area contributed by atoms with Crippen molar-refractivity contribution in [1.29, 1.82) is 0 Å². The van der Waals surface area contributed by atoms with E-state index in [1.54, 1.807) is 6.07 Å². The first-order chi connectivity index (χ1) is 11.2. The standard InChI is InChI=1S/C18H24N4O/c1-4-6-11-22(3)17-12-16(19-13-20-17)18(23)21-15-10-8-7-9-14(15)5-2/h7-10,12-13H,4-6,11H2,1-3H3,(H,21,23). The van der Waals surface area contributed by atoms with E-state index in [0.29, 0.717) is 5.69 Å². The highest BCUT2D eigenvalue weighted by atomic mass is 16.1. The van der Waals surface area contributed by atoms with Crippen molar-refractivity contribution in [2.45, 2.75) is 33.1 Å². The fraction of sp³-hybridized carbons (Fsp3) is 0.389. The molecule has 0 fully saturated rings. The summed E-state index contributed by atoms with van der Waals surface area (Å²) < 4.78 is 0. The molecule has 0 radical (unpaired) electrons. The van der Waals surface area contributed by atoms with Gasteiger partial charge in [0.1, 0.15) is 17.8 Å². The molecular weight excluding hydrogens is 288 g/mol. The van der Waals surface area contributed by atoms with E-state index < -0.39 is 0 Å². The van der Waals surface area contributed by atoms with E-state index in [9.17, 15) is 4.79 Å². The number of rotatable bonds is 7. The number of carbonyl (C=O) groups is 1. The van der Waals surface area contributed by atoms with Gasteiger partial charge >= 0.3 is 0 Å². The fourth-order valence-corrected chi connectivity index (χ4v) is 2.33. The molecule has 122 valence electrons. The van der Waals surface area contributed by atoms with Gasteiger partial charge in [0.2, 0.25) is 0 Å². The molecule has 1 N–H and O–H groups in total. The highest BCUT2D eigenvalue weighted by Crippen LogP contribution is 2.17. The first-order valence-electron chi connectivity index (χ1n) is 8.08. The number of para-hydroxylation sites is 1. The van der Waals surface area contributed by atoms with Crippen molar-refractivity contribution >= 4 is 17.4 Å². The van der Waals surface area contributed by atoms with Crippen LogP contribution in [0.15, 0.2) is 36.7 Å². The minimum atomic E-state index is -0.210. The summed E-state index contributed by atoms with van der Waals surface area (Å²) in [6, 6.07) is 9.55. The maximum absolute atomic E-state index is 12.5. The lowest BCUT2D eigenvalue weighted by Gasteiger charge is -2.17. The van der Waals surface area contributed by atoms with E-state index >= 15 is 0 Å². The van der Waals surface area contributed by atoms with Crippen LogP contribution < -0.4 is 10.2 Å². The lowest BCUT2D eigenvalue weighted by molar-refractivity contribution is 0.102. The Kier molecular flexibility index (Phi) is 6.09. The van der Waals surface area contributed by atoms with Gasteiger partial charge in [0.15, 0.2) is 0 Å². The molecule has 0 saturated heterocycles. The number of benzene rings is 1. The molecule has 1 aromatic heterocycles. The Hall–Kier alpha value is -2.43. The lowest BCUT2D eigenvalue weighted by Crippen LogP contribution is -2.21. The molecule has 1 aromatic carbocycles. The number of unbranched alkanes of at least 4 members (excludes halogenated alkanes) is 1. The molecule has 0 aliphatic heterocycles. The Morgan fingerprint density at radius 2 is 2.00 bits per heavy atom. The van der Waals surface area contributed by atoms with Gasteiger partial charge in [0, 0.05) is 25.3 Å². The number of nitrogens with zero attached hydrogens (tertiary/aromatic N) is 3. The molecule has 1 amide bonds. The van der Waals surface area contributed by atoms with Crippen molar-refractivity contribution in [3.8, 4) is 0 Å². The molecule has 0 spiro atoms. The van der Waals surface area contributed by atoms with E-state index in [0.717, 1.165) is 42.9 Å². The second kappa shape index (κ2) is 8.27. The lowest BCUT2D eigenvalue weighted by atomic mass is 10.1. The number of nitrogens with one attached hydrogen (secondary N) is 1. The van der Waals surface area contributed by atoms with Crippen LogP contribution in [-0.2, 0) is 6.42 Å². The van der Waals surface area contributed by atoms with Crippen LogP contribution in [-0.4, -0.2) is 29.5 Å². The van der Waals surface area contributed by atoms with E-state index in [1.165, 1.54) is 6.33 Å². The van der Waals surface area contributed by atoms with Crippen LogP contribution in [0.4, 0.5) is 11.5 Å². The average Bonchev–Trinajstić information content (AvgIpc) is 2.60. The largest absolute Gasteiger partial charge is 0.360 e. The zero-order chi connectivity index (χ0) is 16.7. The molecule has 1 heterocycles. The van der Waals surface area contributed by atoms with Gasteiger partial charge in [-0.1, -0.05) is 38.5 Å². The quantitative estimate of drug-likeness (QED) is 0.849.